The van der Waals surface area contributed by atoms with Crippen molar-refractivity contribution in [3.8, 4) is 0 Å². The normalized spacial score (nSPS) is 21.8. The molecule has 1 atom stereocenters. The molecule has 1 fully saturated rings. The molecule has 1 saturated heterocycles. The van der Waals surface area contributed by atoms with Crippen LogP contribution in [0.3, 0.4) is 0 Å². The number of furan rings is 1. The number of sulfonamides is 1. The number of rotatable bonds is 6. The van der Waals surface area contributed by atoms with Crippen LogP contribution in [0.25, 0.3) is 0 Å². The van der Waals surface area contributed by atoms with E-state index in [1.165, 1.54) is 4.31 Å². The maximum absolute atomic E-state index is 12.6. The lowest BCUT2D eigenvalue weighted by atomic mass is 10.2. The van der Waals surface area contributed by atoms with E-state index >= 15 is 0 Å². The Labute approximate surface area is 127 Å². The molecular weight excluding hydrogens is 290 g/mol. The van der Waals surface area contributed by atoms with Gasteiger partial charge in [-0.3, -0.25) is 0 Å². The predicted molar refractivity (Wildman–Crippen MR) is 81.6 cm³/mol. The van der Waals surface area contributed by atoms with Crippen LogP contribution in [0.5, 0.6) is 0 Å². The molecule has 2 rings (SSSR count). The van der Waals surface area contributed by atoms with Crippen molar-refractivity contribution in [1.29, 1.82) is 0 Å². The van der Waals surface area contributed by atoms with E-state index in [4.69, 9.17) is 4.42 Å². The first kappa shape index (κ1) is 16.5. The van der Waals surface area contributed by atoms with Crippen LogP contribution in [0.4, 0.5) is 0 Å². The molecule has 1 aromatic rings. The van der Waals surface area contributed by atoms with Gasteiger partial charge < -0.3 is 14.6 Å². The summed E-state index contributed by atoms with van der Waals surface area (Å²) >= 11 is 0. The number of piperazine rings is 1. The van der Waals surface area contributed by atoms with Crippen LogP contribution in [0, 0.1) is 0 Å². The van der Waals surface area contributed by atoms with Crippen molar-refractivity contribution < 1.29 is 12.8 Å². The van der Waals surface area contributed by atoms with Crippen LogP contribution < -0.4 is 5.32 Å². The standard InChI is InChI=1S/C14H25N3O3S/c1-4-7-15-10-13-5-6-14(20-13)21(18,19)17-9-8-16(3)12(2)11-17/h5-6,12,15H,4,7-11H2,1-3H3. The van der Waals surface area contributed by atoms with E-state index in [1.807, 2.05) is 14.0 Å². The molecule has 2 heterocycles. The molecule has 0 amide bonds. The van der Waals surface area contributed by atoms with E-state index in [0.29, 0.717) is 25.4 Å². The molecule has 0 spiro atoms. The second-order valence-corrected chi connectivity index (χ2v) is 7.46. The highest BCUT2D eigenvalue weighted by Gasteiger charge is 2.32. The van der Waals surface area contributed by atoms with Gasteiger partial charge in [-0.25, -0.2) is 8.42 Å². The minimum absolute atomic E-state index is 0.0487. The van der Waals surface area contributed by atoms with Crippen molar-refractivity contribution in [3.63, 3.8) is 0 Å². The molecule has 1 N–H and O–H groups in total. The Morgan fingerprint density at radius 1 is 1.38 bits per heavy atom. The predicted octanol–water partition coefficient (Wildman–Crippen LogP) is 1.10. The third-order valence-corrected chi connectivity index (χ3v) is 5.62. The van der Waals surface area contributed by atoms with Crippen molar-refractivity contribution in [2.75, 3.05) is 33.2 Å². The molecular formula is C14H25N3O3S. The highest BCUT2D eigenvalue weighted by Crippen LogP contribution is 2.21. The summed E-state index contributed by atoms with van der Waals surface area (Å²) in [6, 6.07) is 3.50. The van der Waals surface area contributed by atoms with Gasteiger partial charge in [-0.05, 0) is 39.1 Å². The highest BCUT2D eigenvalue weighted by atomic mass is 32.2. The second kappa shape index (κ2) is 6.91. The van der Waals surface area contributed by atoms with E-state index in [-0.39, 0.29) is 11.1 Å². The molecule has 0 saturated carbocycles. The molecule has 1 aliphatic rings. The smallest absolute Gasteiger partial charge is 0.276 e. The summed E-state index contributed by atoms with van der Waals surface area (Å²) in [5.41, 5.74) is 0. The summed E-state index contributed by atoms with van der Waals surface area (Å²) in [7, 11) is -1.50. The minimum Gasteiger partial charge on any atom is -0.447 e. The van der Waals surface area contributed by atoms with Crippen molar-refractivity contribution in [1.82, 2.24) is 14.5 Å². The Bertz CT molecular complexity index is 556. The van der Waals surface area contributed by atoms with Crippen LogP contribution in [-0.2, 0) is 16.6 Å². The van der Waals surface area contributed by atoms with Gasteiger partial charge in [0, 0.05) is 25.7 Å². The Kier molecular flexibility index (Phi) is 5.43. The lowest BCUT2D eigenvalue weighted by molar-refractivity contribution is 0.158. The van der Waals surface area contributed by atoms with E-state index < -0.39 is 10.0 Å². The zero-order valence-electron chi connectivity index (χ0n) is 13.0. The summed E-state index contributed by atoms with van der Waals surface area (Å²) in [6.07, 6.45) is 1.03. The van der Waals surface area contributed by atoms with Crippen LogP contribution >= 0.6 is 0 Å². The van der Waals surface area contributed by atoms with Gasteiger partial charge in [0.25, 0.3) is 10.0 Å². The first-order chi connectivity index (χ1) is 9.95. The number of hydrogen-bond acceptors (Lipinski definition) is 5. The van der Waals surface area contributed by atoms with Crippen LogP contribution in [0.2, 0.25) is 0 Å². The Hall–Kier alpha value is -0.890. The van der Waals surface area contributed by atoms with Gasteiger partial charge in [0.2, 0.25) is 5.09 Å². The number of nitrogens with zero attached hydrogens (tertiary/aromatic N) is 2. The number of likely N-dealkylation sites (N-methyl/N-ethyl adjacent to an activating group) is 1. The van der Waals surface area contributed by atoms with Gasteiger partial charge in [0.05, 0.1) is 6.54 Å². The Balaban J connectivity index is 2.06. The molecule has 6 nitrogen and oxygen atoms in total. The molecule has 1 aromatic heterocycles. The molecule has 1 unspecified atom stereocenters. The number of nitrogens with one attached hydrogen (secondary N) is 1. The van der Waals surface area contributed by atoms with E-state index in [9.17, 15) is 8.42 Å². The summed E-state index contributed by atoms with van der Waals surface area (Å²) in [4.78, 5) is 2.16. The van der Waals surface area contributed by atoms with Gasteiger partial charge in [-0.1, -0.05) is 6.92 Å². The van der Waals surface area contributed by atoms with Gasteiger partial charge in [-0.2, -0.15) is 4.31 Å². The summed E-state index contributed by atoms with van der Waals surface area (Å²) < 4.78 is 32.2. The average Bonchev–Trinajstić information content (AvgIpc) is 2.91. The molecule has 0 aliphatic carbocycles. The first-order valence-electron chi connectivity index (χ1n) is 7.45. The molecule has 120 valence electrons. The van der Waals surface area contributed by atoms with Crippen molar-refractivity contribution in [2.45, 2.75) is 37.9 Å². The molecule has 0 radical (unpaired) electrons. The van der Waals surface area contributed by atoms with Gasteiger partial charge in [-0.15, -0.1) is 0 Å². The molecule has 7 heteroatoms. The SMILES string of the molecule is CCCNCc1ccc(S(=O)(=O)N2CCN(C)C(C)C2)o1. The average molecular weight is 315 g/mol. The molecule has 0 bridgehead atoms. The fourth-order valence-corrected chi connectivity index (χ4v) is 3.78. The maximum Gasteiger partial charge on any atom is 0.276 e. The van der Waals surface area contributed by atoms with Crippen molar-refractivity contribution in [3.05, 3.63) is 17.9 Å². The molecule has 21 heavy (non-hydrogen) atoms. The number of hydrogen-bond donors (Lipinski definition) is 1. The maximum atomic E-state index is 12.6. The lowest BCUT2D eigenvalue weighted by Gasteiger charge is -2.36. The zero-order valence-corrected chi connectivity index (χ0v) is 13.8. The summed E-state index contributed by atoms with van der Waals surface area (Å²) in [6.45, 7) is 7.31. The monoisotopic (exact) mass is 315 g/mol. The fraction of sp³-hybridized carbons (Fsp3) is 0.714. The first-order valence-corrected chi connectivity index (χ1v) is 8.89. The van der Waals surface area contributed by atoms with E-state index in [2.05, 4.69) is 17.1 Å². The minimum atomic E-state index is -3.52. The van der Waals surface area contributed by atoms with Crippen LogP contribution in [-0.4, -0.2) is 56.9 Å². The fourth-order valence-electron chi connectivity index (χ4n) is 2.34. The van der Waals surface area contributed by atoms with Gasteiger partial charge >= 0.3 is 0 Å². The topological polar surface area (TPSA) is 65.8 Å². The lowest BCUT2D eigenvalue weighted by Crippen LogP contribution is -2.51. The van der Waals surface area contributed by atoms with Crippen LogP contribution in [0.1, 0.15) is 26.0 Å². The van der Waals surface area contributed by atoms with Crippen molar-refractivity contribution >= 4 is 10.0 Å². The summed E-state index contributed by atoms with van der Waals surface area (Å²) in [5.74, 6) is 0.657. The molecule has 0 aromatic carbocycles. The van der Waals surface area contributed by atoms with Crippen molar-refractivity contribution in [2.24, 2.45) is 0 Å². The van der Waals surface area contributed by atoms with Gasteiger partial charge in [0.15, 0.2) is 0 Å². The van der Waals surface area contributed by atoms with Gasteiger partial charge in [0.1, 0.15) is 5.76 Å². The third kappa shape index (κ3) is 3.85. The third-order valence-electron chi connectivity index (χ3n) is 3.88. The second-order valence-electron chi connectivity index (χ2n) is 5.59. The largest absolute Gasteiger partial charge is 0.447 e. The zero-order chi connectivity index (χ0) is 15.5. The Morgan fingerprint density at radius 3 is 2.81 bits per heavy atom. The van der Waals surface area contributed by atoms with Crippen LogP contribution in [0.15, 0.2) is 21.6 Å². The molecule has 1 aliphatic heterocycles. The van der Waals surface area contributed by atoms with E-state index in [1.54, 1.807) is 12.1 Å². The Morgan fingerprint density at radius 2 is 2.14 bits per heavy atom. The summed E-state index contributed by atoms with van der Waals surface area (Å²) in [5, 5.41) is 3.25. The van der Waals surface area contributed by atoms with E-state index in [0.717, 1.165) is 19.5 Å². The highest BCUT2D eigenvalue weighted by molar-refractivity contribution is 7.89. The quantitative estimate of drug-likeness (QED) is 0.797.